The molecule has 0 aliphatic carbocycles. The molecule has 0 aliphatic heterocycles. The number of carbonyl (C=O) groups excluding carboxylic acids is 3. The highest BCUT2D eigenvalue weighted by atomic mass is 35.5. The quantitative estimate of drug-likeness (QED) is 0.720. The van der Waals surface area contributed by atoms with E-state index >= 15 is 0 Å². The number of halogens is 1. The zero-order chi connectivity index (χ0) is 15.3. The topological polar surface area (TPSA) is 87.3 Å². The zero-order valence-electron chi connectivity index (χ0n) is 11.5. The van der Waals surface area contributed by atoms with Gasteiger partial charge in [-0.15, -0.1) is 0 Å². The fourth-order valence-corrected chi connectivity index (χ4v) is 1.98. The van der Waals surface area contributed by atoms with Crippen LogP contribution >= 0.6 is 11.6 Å². The Bertz CT molecular complexity index is 535. The van der Waals surface area contributed by atoms with Crippen LogP contribution in [0.3, 0.4) is 0 Å². The van der Waals surface area contributed by atoms with Gasteiger partial charge in [0.25, 0.3) is 0 Å². The summed E-state index contributed by atoms with van der Waals surface area (Å²) in [6.07, 6.45) is 0. The van der Waals surface area contributed by atoms with Gasteiger partial charge >= 0.3 is 11.8 Å². The van der Waals surface area contributed by atoms with Crippen LogP contribution in [0.2, 0.25) is 5.02 Å². The minimum Gasteiger partial charge on any atom is -0.351 e. The Morgan fingerprint density at radius 2 is 1.80 bits per heavy atom. The van der Waals surface area contributed by atoms with Gasteiger partial charge < -0.3 is 16.0 Å². The molecule has 0 spiro atoms. The molecule has 108 valence electrons. The van der Waals surface area contributed by atoms with E-state index in [0.29, 0.717) is 10.7 Å². The van der Waals surface area contributed by atoms with Gasteiger partial charge in [-0.25, -0.2) is 0 Å². The number of benzene rings is 1. The fourth-order valence-electron chi connectivity index (χ4n) is 1.61. The largest absolute Gasteiger partial charge is 0.351 e. The SMILES string of the molecule is CNC(=O)C(=O)NCC(=O)Nc1c(C)cc(C)cc1Cl. The molecular formula is C13H16ClN3O3. The molecule has 1 rings (SSSR count). The van der Waals surface area contributed by atoms with Crippen molar-refractivity contribution < 1.29 is 14.4 Å². The van der Waals surface area contributed by atoms with Crippen LogP contribution in [-0.4, -0.2) is 31.3 Å². The number of rotatable bonds is 3. The number of likely N-dealkylation sites (N-methyl/N-ethyl adjacent to an activating group) is 1. The summed E-state index contributed by atoms with van der Waals surface area (Å²) in [5, 5.41) is 7.38. The summed E-state index contributed by atoms with van der Waals surface area (Å²) in [4.78, 5) is 33.8. The molecule has 6 nitrogen and oxygen atoms in total. The maximum Gasteiger partial charge on any atom is 0.309 e. The lowest BCUT2D eigenvalue weighted by molar-refractivity contribution is -0.139. The van der Waals surface area contributed by atoms with Crippen LogP contribution in [0.15, 0.2) is 12.1 Å². The third kappa shape index (κ3) is 4.24. The minimum absolute atomic E-state index is 0.310. The summed E-state index contributed by atoms with van der Waals surface area (Å²) >= 11 is 6.05. The third-order valence-corrected chi connectivity index (χ3v) is 2.84. The minimum atomic E-state index is -0.866. The number of aryl methyl sites for hydroxylation is 2. The van der Waals surface area contributed by atoms with Crippen LogP contribution in [0.5, 0.6) is 0 Å². The summed E-state index contributed by atoms with van der Waals surface area (Å²) in [5.41, 5.74) is 2.30. The molecule has 1 aromatic carbocycles. The Kier molecular flexibility index (Phi) is 5.52. The molecular weight excluding hydrogens is 282 g/mol. The van der Waals surface area contributed by atoms with Crippen LogP contribution < -0.4 is 16.0 Å². The fraction of sp³-hybridized carbons (Fsp3) is 0.308. The number of amides is 3. The van der Waals surface area contributed by atoms with Crippen molar-refractivity contribution in [1.82, 2.24) is 10.6 Å². The average molecular weight is 298 g/mol. The number of anilines is 1. The van der Waals surface area contributed by atoms with Crippen molar-refractivity contribution in [3.8, 4) is 0 Å². The Morgan fingerprint density at radius 3 is 2.35 bits per heavy atom. The first-order valence-corrected chi connectivity index (χ1v) is 6.29. The molecule has 0 heterocycles. The molecule has 0 bridgehead atoms. The summed E-state index contributed by atoms with van der Waals surface area (Å²) in [6.45, 7) is 3.40. The second kappa shape index (κ2) is 6.91. The average Bonchev–Trinajstić information content (AvgIpc) is 2.39. The first-order valence-electron chi connectivity index (χ1n) is 5.91. The molecule has 0 fully saturated rings. The monoisotopic (exact) mass is 297 g/mol. The molecule has 0 aliphatic rings. The van der Waals surface area contributed by atoms with Crippen molar-refractivity contribution in [2.45, 2.75) is 13.8 Å². The second-order valence-electron chi connectivity index (χ2n) is 4.25. The van der Waals surface area contributed by atoms with E-state index in [1.165, 1.54) is 7.05 Å². The van der Waals surface area contributed by atoms with Gasteiger partial charge in [0, 0.05) is 7.05 Å². The highest BCUT2D eigenvalue weighted by Gasteiger charge is 2.14. The van der Waals surface area contributed by atoms with Crippen molar-refractivity contribution in [3.05, 3.63) is 28.3 Å². The molecule has 20 heavy (non-hydrogen) atoms. The van der Waals surface area contributed by atoms with Crippen molar-refractivity contribution in [3.63, 3.8) is 0 Å². The Balaban J connectivity index is 2.64. The highest BCUT2D eigenvalue weighted by molar-refractivity contribution is 6.35. The Morgan fingerprint density at radius 1 is 1.15 bits per heavy atom. The standard InChI is InChI=1S/C13H16ClN3O3/c1-7-4-8(2)11(9(14)5-7)17-10(18)6-16-13(20)12(19)15-3/h4-5H,6H2,1-3H3,(H,15,19)(H,16,20)(H,17,18). The van der Waals surface area contributed by atoms with Crippen LogP contribution in [0.1, 0.15) is 11.1 Å². The van der Waals surface area contributed by atoms with Crippen molar-refractivity contribution in [2.75, 3.05) is 18.9 Å². The molecule has 1 aromatic rings. The van der Waals surface area contributed by atoms with E-state index in [0.717, 1.165) is 11.1 Å². The summed E-state index contributed by atoms with van der Waals surface area (Å²) in [7, 11) is 1.33. The maximum absolute atomic E-state index is 11.7. The molecule has 0 radical (unpaired) electrons. The molecule has 7 heteroatoms. The predicted molar refractivity (Wildman–Crippen MR) is 76.6 cm³/mol. The lowest BCUT2D eigenvalue weighted by atomic mass is 10.1. The summed E-state index contributed by atoms with van der Waals surface area (Å²) < 4.78 is 0. The van der Waals surface area contributed by atoms with Gasteiger partial charge in [-0.05, 0) is 31.0 Å². The van der Waals surface area contributed by atoms with Crippen LogP contribution in [0.25, 0.3) is 0 Å². The molecule has 0 saturated carbocycles. The first kappa shape index (κ1) is 16.0. The number of hydrogen-bond acceptors (Lipinski definition) is 3. The molecule has 0 aromatic heterocycles. The van der Waals surface area contributed by atoms with Crippen LogP contribution in [-0.2, 0) is 14.4 Å². The van der Waals surface area contributed by atoms with E-state index in [2.05, 4.69) is 16.0 Å². The van der Waals surface area contributed by atoms with Crippen LogP contribution in [0.4, 0.5) is 5.69 Å². The zero-order valence-corrected chi connectivity index (χ0v) is 12.2. The van der Waals surface area contributed by atoms with E-state index in [1.807, 2.05) is 19.9 Å². The van der Waals surface area contributed by atoms with E-state index in [4.69, 9.17) is 11.6 Å². The number of carbonyl (C=O) groups is 3. The molecule has 0 unspecified atom stereocenters. The van der Waals surface area contributed by atoms with Gasteiger partial charge in [0.2, 0.25) is 5.91 Å². The smallest absolute Gasteiger partial charge is 0.309 e. The van der Waals surface area contributed by atoms with Crippen molar-refractivity contribution in [2.24, 2.45) is 0 Å². The van der Waals surface area contributed by atoms with E-state index < -0.39 is 17.7 Å². The van der Waals surface area contributed by atoms with E-state index in [-0.39, 0.29) is 6.54 Å². The molecule has 3 amide bonds. The number of hydrogen-bond donors (Lipinski definition) is 3. The van der Waals surface area contributed by atoms with E-state index in [9.17, 15) is 14.4 Å². The maximum atomic E-state index is 11.7. The second-order valence-corrected chi connectivity index (χ2v) is 4.66. The van der Waals surface area contributed by atoms with Crippen LogP contribution in [0, 0.1) is 13.8 Å². The first-order chi connectivity index (χ1) is 9.35. The van der Waals surface area contributed by atoms with Gasteiger partial charge in [-0.3, -0.25) is 14.4 Å². The molecule has 3 N–H and O–H groups in total. The highest BCUT2D eigenvalue weighted by Crippen LogP contribution is 2.27. The van der Waals surface area contributed by atoms with Gasteiger partial charge in [0.15, 0.2) is 0 Å². The summed E-state index contributed by atoms with van der Waals surface area (Å²) in [6, 6.07) is 3.61. The van der Waals surface area contributed by atoms with Crippen molar-refractivity contribution in [1.29, 1.82) is 0 Å². The molecule has 0 atom stereocenters. The van der Waals surface area contributed by atoms with Gasteiger partial charge in [-0.1, -0.05) is 17.7 Å². The lowest BCUT2D eigenvalue weighted by Crippen LogP contribution is -2.41. The summed E-state index contributed by atoms with van der Waals surface area (Å²) in [5.74, 6) is -2.13. The van der Waals surface area contributed by atoms with E-state index in [1.54, 1.807) is 6.07 Å². The predicted octanol–water partition coefficient (Wildman–Crippen LogP) is 0.758. The normalized spacial score (nSPS) is 9.80. The Hall–Kier alpha value is -2.08. The van der Waals surface area contributed by atoms with Gasteiger partial charge in [0.05, 0.1) is 17.3 Å². The molecule has 0 saturated heterocycles. The van der Waals surface area contributed by atoms with Gasteiger partial charge in [-0.2, -0.15) is 0 Å². The number of nitrogens with one attached hydrogen (secondary N) is 3. The van der Waals surface area contributed by atoms with Gasteiger partial charge in [0.1, 0.15) is 0 Å². The Labute approximate surface area is 121 Å². The third-order valence-electron chi connectivity index (χ3n) is 2.54. The van der Waals surface area contributed by atoms with Crippen molar-refractivity contribution >= 4 is 35.0 Å². The lowest BCUT2D eigenvalue weighted by Gasteiger charge is -2.11.